The Labute approximate surface area is 182 Å². The van der Waals surface area contributed by atoms with E-state index in [1.54, 1.807) is 6.20 Å². The summed E-state index contributed by atoms with van der Waals surface area (Å²) in [6.45, 7) is 4.21. The van der Waals surface area contributed by atoms with Crippen LogP contribution in [0.1, 0.15) is 44.4 Å². The molecular weight excluding hydrogens is 402 g/mol. The molecule has 2 fully saturated rings. The summed E-state index contributed by atoms with van der Waals surface area (Å²) in [5, 5.41) is 3.88. The predicted molar refractivity (Wildman–Crippen MR) is 116 cm³/mol. The van der Waals surface area contributed by atoms with Gasteiger partial charge in [-0.25, -0.2) is 4.98 Å². The van der Waals surface area contributed by atoms with Crippen molar-refractivity contribution < 1.29 is 13.9 Å². The largest absolute Gasteiger partial charge is 0.441 e. The van der Waals surface area contributed by atoms with E-state index in [1.807, 2.05) is 24.3 Å². The first-order valence-corrected chi connectivity index (χ1v) is 11.3. The van der Waals surface area contributed by atoms with Gasteiger partial charge in [-0.05, 0) is 37.1 Å². The van der Waals surface area contributed by atoms with E-state index in [9.17, 15) is 4.79 Å². The highest BCUT2D eigenvalue weighted by molar-refractivity contribution is 6.30. The van der Waals surface area contributed by atoms with Crippen LogP contribution in [0.5, 0.6) is 0 Å². The van der Waals surface area contributed by atoms with Crippen LogP contribution in [-0.2, 0) is 16.0 Å². The quantitative estimate of drug-likeness (QED) is 0.715. The van der Waals surface area contributed by atoms with Gasteiger partial charge in [0.25, 0.3) is 0 Å². The van der Waals surface area contributed by atoms with E-state index in [1.165, 1.54) is 19.3 Å². The predicted octanol–water partition coefficient (Wildman–Crippen LogP) is 4.08. The number of benzene rings is 1. The number of carbonyl (C=O) groups is 1. The van der Waals surface area contributed by atoms with Crippen molar-refractivity contribution in [2.24, 2.45) is 0 Å². The van der Waals surface area contributed by atoms with E-state index >= 15 is 0 Å². The molecule has 1 saturated carbocycles. The zero-order valence-electron chi connectivity index (χ0n) is 17.4. The number of amides is 1. The third kappa shape index (κ3) is 5.23. The summed E-state index contributed by atoms with van der Waals surface area (Å²) < 4.78 is 11.3. The summed E-state index contributed by atoms with van der Waals surface area (Å²) in [4.78, 5) is 19.4. The first-order chi connectivity index (χ1) is 14.6. The van der Waals surface area contributed by atoms with E-state index in [0.717, 1.165) is 44.7 Å². The highest BCUT2D eigenvalue weighted by Crippen LogP contribution is 2.34. The lowest BCUT2D eigenvalue weighted by atomic mass is 9.79. The van der Waals surface area contributed by atoms with Gasteiger partial charge in [-0.1, -0.05) is 30.9 Å². The molecule has 7 heteroatoms. The maximum Gasteiger partial charge on any atom is 0.220 e. The first-order valence-electron chi connectivity index (χ1n) is 10.9. The first kappa shape index (κ1) is 21.3. The summed E-state index contributed by atoms with van der Waals surface area (Å²) in [6.07, 6.45) is 8.62. The number of hydrogen-bond acceptors (Lipinski definition) is 5. The second kappa shape index (κ2) is 9.94. The Morgan fingerprint density at radius 3 is 2.60 bits per heavy atom. The molecule has 162 valence electrons. The van der Waals surface area contributed by atoms with Gasteiger partial charge in [0.05, 0.1) is 19.4 Å². The Balaban J connectivity index is 1.29. The number of oxazole rings is 1. The van der Waals surface area contributed by atoms with Gasteiger partial charge in [-0.3, -0.25) is 9.69 Å². The molecule has 1 aliphatic carbocycles. The molecule has 1 aromatic carbocycles. The lowest BCUT2D eigenvalue weighted by Gasteiger charge is -2.48. The number of hydrogen-bond donors (Lipinski definition) is 1. The van der Waals surface area contributed by atoms with E-state index in [-0.39, 0.29) is 11.4 Å². The molecule has 30 heavy (non-hydrogen) atoms. The molecule has 1 aliphatic heterocycles. The SMILES string of the molecule is O=C(CCc1ncc(-c2ccc(Cl)cc2)o1)NCC1(N2CCOCC2)CCCCC1. The molecule has 2 heterocycles. The van der Waals surface area contributed by atoms with Crippen LogP contribution in [0.2, 0.25) is 5.02 Å². The van der Waals surface area contributed by atoms with Crippen LogP contribution in [-0.4, -0.2) is 54.2 Å². The maximum atomic E-state index is 12.6. The summed E-state index contributed by atoms with van der Waals surface area (Å²) in [7, 11) is 0. The molecule has 1 amide bonds. The Morgan fingerprint density at radius 1 is 1.13 bits per heavy atom. The van der Waals surface area contributed by atoms with Crippen LogP contribution in [0.4, 0.5) is 0 Å². The topological polar surface area (TPSA) is 67.6 Å². The lowest BCUT2D eigenvalue weighted by molar-refractivity contribution is -0.122. The van der Waals surface area contributed by atoms with Crippen molar-refractivity contribution in [2.75, 3.05) is 32.8 Å². The number of ether oxygens (including phenoxy) is 1. The molecule has 4 rings (SSSR count). The van der Waals surface area contributed by atoms with Crippen LogP contribution in [0.3, 0.4) is 0 Å². The van der Waals surface area contributed by atoms with E-state index < -0.39 is 0 Å². The Kier molecular flexibility index (Phi) is 7.08. The van der Waals surface area contributed by atoms with Gasteiger partial charge in [0.2, 0.25) is 5.91 Å². The smallest absolute Gasteiger partial charge is 0.220 e. The zero-order chi connectivity index (χ0) is 20.8. The van der Waals surface area contributed by atoms with Crippen molar-refractivity contribution in [1.82, 2.24) is 15.2 Å². The number of nitrogens with one attached hydrogen (secondary N) is 1. The molecule has 2 aromatic rings. The molecule has 0 spiro atoms. The molecule has 0 radical (unpaired) electrons. The fourth-order valence-corrected chi connectivity index (χ4v) is 4.72. The fraction of sp³-hybridized carbons (Fsp3) is 0.565. The molecule has 1 aromatic heterocycles. The molecule has 1 N–H and O–H groups in total. The average molecular weight is 432 g/mol. The van der Waals surface area contributed by atoms with E-state index in [4.69, 9.17) is 20.8 Å². The van der Waals surface area contributed by atoms with Crippen LogP contribution < -0.4 is 5.32 Å². The molecule has 0 atom stereocenters. The minimum atomic E-state index is 0.0550. The zero-order valence-corrected chi connectivity index (χ0v) is 18.1. The van der Waals surface area contributed by atoms with Crippen LogP contribution in [0.25, 0.3) is 11.3 Å². The highest BCUT2D eigenvalue weighted by Gasteiger charge is 2.38. The molecule has 2 aliphatic rings. The van der Waals surface area contributed by atoms with Gasteiger partial charge in [0, 0.05) is 48.6 Å². The normalized spacial score (nSPS) is 19.5. The molecule has 1 saturated heterocycles. The fourth-order valence-electron chi connectivity index (χ4n) is 4.60. The van der Waals surface area contributed by atoms with Crippen molar-refractivity contribution in [2.45, 2.75) is 50.5 Å². The van der Waals surface area contributed by atoms with Gasteiger partial charge in [-0.2, -0.15) is 0 Å². The van der Waals surface area contributed by atoms with Crippen LogP contribution in [0.15, 0.2) is 34.9 Å². The second-order valence-corrected chi connectivity index (χ2v) is 8.72. The molecular formula is C23H30ClN3O3. The number of halogens is 1. The summed E-state index contributed by atoms with van der Waals surface area (Å²) in [5.74, 6) is 1.32. The molecule has 0 unspecified atom stereocenters. The Morgan fingerprint density at radius 2 is 1.87 bits per heavy atom. The summed E-state index contributed by atoms with van der Waals surface area (Å²) >= 11 is 5.93. The van der Waals surface area contributed by atoms with E-state index in [2.05, 4.69) is 15.2 Å². The van der Waals surface area contributed by atoms with Gasteiger partial charge < -0.3 is 14.5 Å². The van der Waals surface area contributed by atoms with E-state index in [0.29, 0.717) is 36.1 Å². The minimum absolute atomic E-state index is 0.0550. The van der Waals surface area contributed by atoms with Gasteiger partial charge in [-0.15, -0.1) is 0 Å². The Hall–Kier alpha value is -1.89. The van der Waals surface area contributed by atoms with Crippen LogP contribution in [0, 0.1) is 0 Å². The molecule has 6 nitrogen and oxygen atoms in total. The summed E-state index contributed by atoms with van der Waals surface area (Å²) in [5.41, 5.74) is 1.01. The monoisotopic (exact) mass is 431 g/mol. The third-order valence-corrected chi connectivity index (χ3v) is 6.58. The number of aromatic nitrogens is 1. The number of nitrogens with zero attached hydrogens (tertiary/aromatic N) is 2. The maximum absolute atomic E-state index is 12.6. The molecule has 0 bridgehead atoms. The van der Waals surface area contributed by atoms with Crippen molar-refractivity contribution in [3.63, 3.8) is 0 Å². The van der Waals surface area contributed by atoms with Gasteiger partial charge in [0.15, 0.2) is 11.7 Å². The highest BCUT2D eigenvalue weighted by atomic mass is 35.5. The lowest BCUT2D eigenvalue weighted by Crippen LogP contribution is -2.59. The van der Waals surface area contributed by atoms with Gasteiger partial charge >= 0.3 is 0 Å². The number of carbonyl (C=O) groups excluding carboxylic acids is 1. The van der Waals surface area contributed by atoms with Crippen molar-refractivity contribution in [1.29, 1.82) is 0 Å². The Bertz CT molecular complexity index is 824. The van der Waals surface area contributed by atoms with Crippen molar-refractivity contribution in [3.8, 4) is 11.3 Å². The number of rotatable bonds is 7. The summed E-state index contributed by atoms with van der Waals surface area (Å²) in [6, 6.07) is 7.44. The van der Waals surface area contributed by atoms with Crippen molar-refractivity contribution in [3.05, 3.63) is 41.4 Å². The van der Waals surface area contributed by atoms with Crippen molar-refractivity contribution >= 4 is 17.5 Å². The van der Waals surface area contributed by atoms with Gasteiger partial charge in [0.1, 0.15) is 0 Å². The third-order valence-electron chi connectivity index (χ3n) is 6.33. The number of morpholine rings is 1. The standard InChI is InChI=1S/C23H30ClN3O3/c24-19-6-4-18(5-7-19)20-16-25-22(30-20)9-8-21(28)26-17-23(10-2-1-3-11-23)27-12-14-29-15-13-27/h4-7,16H,1-3,8-15,17H2,(H,26,28). The average Bonchev–Trinajstić information content (AvgIpc) is 3.27. The van der Waals surface area contributed by atoms with Crippen LogP contribution >= 0.6 is 11.6 Å². The number of aryl methyl sites for hydroxylation is 1. The second-order valence-electron chi connectivity index (χ2n) is 8.29. The minimum Gasteiger partial charge on any atom is -0.441 e.